The first kappa shape index (κ1) is 17.0. The van der Waals surface area contributed by atoms with E-state index in [1.807, 2.05) is 18.2 Å². The molecule has 0 aliphatic carbocycles. The van der Waals surface area contributed by atoms with E-state index in [4.69, 9.17) is 4.74 Å². The van der Waals surface area contributed by atoms with Crippen molar-refractivity contribution in [2.45, 2.75) is 18.9 Å². The van der Waals surface area contributed by atoms with Gasteiger partial charge in [-0.15, -0.1) is 0 Å². The monoisotopic (exact) mass is 319 g/mol. The van der Waals surface area contributed by atoms with Crippen molar-refractivity contribution in [2.24, 2.45) is 5.10 Å². The standard InChI is InChI=1S/C16H21N3O4/c1-18(9-6-10-23-2)15(20)14-11-13(16(21)22)17-19(14)12-7-4-3-5-8-12/h3-5,7-8,14H,6,9-11H2,1-2H3,(H,21,22)/t14-/m0/s1. The van der Waals surface area contributed by atoms with E-state index in [1.54, 1.807) is 31.2 Å². The zero-order chi connectivity index (χ0) is 16.8. The van der Waals surface area contributed by atoms with E-state index in [2.05, 4.69) is 5.10 Å². The molecule has 2 rings (SSSR count). The van der Waals surface area contributed by atoms with Crippen LogP contribution in [0.15, 0.2) is 35.4 Å². The summed E-state index contributed by atoms with van der Waals surface area (Å²) in [5, 5.41) is 14.8. The van der Waals surface area contributed by atoms with Crippen LogP contribution in [0.2, 0.25) is 0 Å². The van der Waals surface area contributed by atoms with Crippen molar-refractivity contribution in [3.63, 3.8) is 0 Å². The lowest BCUT2D eigenvalue weighted by Crippen LogP contribution is -2.44. The van der Waals surface area contributed by atoms with Crippen LogP contribution in [-0.4, -0.2) is 60.9 Å². The van der Waals surface area contributed by atoms with Gasteiger partial charge in [-0.05, 0) is 18.6 Å². The van der Waals surface area contributed by atoms with Crippen LogP contribution in [0.3, 0.4) is 0 Å². The summed E-state index contributed by atoms with van der Waals surface area (Å²) in [5.41, 5.74) is 0.699. The number of aliphatic carboxylic acids is 1. The number of nitrogens with zero attached hydrogens (tertiary/aromatic N) is 3. The maximum atomic E-state index is 12.7. The van der Waals surface area contributed by atoms with Gasteiger partial charge in [0.05, 0.1) is 5.69 Å². The number of rotatable bonds is 7. The van der Waals surface area contributed by atoms with Gasteiger partial charge in [0.15, 0.2) is 0 Å². The van der Waals surface area contributed by atoms with Crippen molar-refractivity contribution >= 4 is 23.3 Å². The molecular formula is C16H21N3O4. The van der Waals surface area contributed by atoms with Crippen LogP contribution in [0.1, 0.15) is 12.8 Å². The number of amides is 1. The molecule has 0 aromatic heterocycles. The molecule has 23 heavy (non-hydrogen) atoms. The average molecular weight is 319 g/mol. The Morgan fingerprint density at radius 3 is 2.70 bits per heavy atom. The summed E-state index contributed by atoms with van der Waals surface area (Å²) in [5.74, 6) is -1.24. The molecule has 0 fully saturated rings. The molecule has 1 heterocycles. The molecule has 1 aromatic carbocycles. The fourth-order valence-corrected chi connectivity index (χ4v) is 2.46. The Bertz CT molecular complexity index is 588. The molecule has 1 atom stereocenters. The second-order valence-electron chi connectivity index (χ2n) is 5.36. The molecule has 0 radical (unpaired) electrons. The predicted octanol–water partition coefficient (Wildman–Crippen LogP) is 1.20. The summed E-state index contributed by atoms with van der Waals surface area (Å²) in [6, 6.07) is 8.49. The number of ether oxygens (including phenoxy) is 1. The zero-order valence-corrected chi connectivity index (χ0v) is 13.3. The Morgan fingerprint density at radius 1 is 1.39 bits per heavy atom. The third-order valence-electron chi connectivity index (χ3n) is 3.68. The first-order chi connectivity index (χ1) is 11.0. The van der Waals surface area contributed by atoms with Gasteiger partial charge in [0.2, 0.25) is 5.91 Å². The zero-order valence-electron chi connectivity index (χ0n) is 13.3. The first-order valence-electron chi connectivity index (χ1n) is 7.43. The third-order valence-corrected chi connectivity index (χ3v) is 3.68. The van der Waals surface area contributed by atoms with Crippen LogP contribution in [0.25, 0.3) is 0 Å². The average Bonchev–Trinajstić information content (AvgIpc) is 3.00. The first-order valence-corrected chi connectivity index (χ1v) is 7.43. The maximum Gasteiger partial charge on any atom is 0.352 e. The largest absolute Gasteiger partial charge is 0.477 e. The van der Waals surface area contributed by atoms with Gasteiger partial charge in [-0.1, -0.05) is 18.2 Å². The molecule has 0 saturated heterocycles. The molecule has 1 aromatic rings. The van der Waals surface area contributed by atoms with Gasteiger partial charge in [-0.25, -0.2) is 4.79 Å². The number of para-hydroxylation sites is 1. The molecule has 1 aliphatic heterocycles. The number of carboxylic acids is 1. The predicted molar refractivity (Wildman–Crippen MR) is 86.5 cm³/mol. The van der Waals surface area contributed by atoms with Gasteiger partial charge in [0, 0.05) is 33.7 Å². The summed E-state index contributed by atoms with van der Waals surface area (Å²) in [4.78, 5) is 25.5. The van der Waals surface area contributed by atoms with Crippen LogP contribution in [0.4, 0.5) is 5.69 Å². The Morgan fingerprint density at radius 2 is 2.09 bits per heavy atom. The number of hydrogen-bond acceptors (Lipinski definition) is 5. The number of anilines is 1. The SMILES string of the molecule is COCCCN(C)C(=O)[C@@H]1CC(C(=O)O)=NN1c1ccccc1. The van der Waals surface area contributed by atoms with E-state index in [-0.39, 0.29) is 18.0 Å². The Labute approximate surface area is 135 Å². The number of likely N-dealkylation sites (N-methyl/N-ethyl adjacent to an activating group) is 1. The van der Waals surface area contributed by atoms with E-state index in [0.29, 0.717) is 18.8 Å². The van der Waals surface area contributed by atoms with Crippen LogP contribution in [0.5, 0.6) is 0 Å². The van der Waals surface area contributed by atoms with E-state index in [0.717, 1.165) is 6.42 Å². The fraction of sp³-hybridized carbons (Fsp3) is 0.438. The fourth-order valence-electron chi connectivity index (χ4n) is 2.46. The second-order valence-corrected chi connectivity index (χ2v) is 5.36. The Kier molecular flexibility index (Phi) is 5.70. The van der Waals surface area contributed by atoms with E-state index in [1.165, 1.54) is 5.01 Å². The smallest absolute Gasteiger partial charge is 0.352 e. The summed E-state index contributed by atoms with van der Waals surface area (Å²) >= 11 is 0. The van der Waals surface area contributed by atoms with Gasteiger partial charge in [-0.3, -0.25) is 9.80 Å². The molecule has 0 saturated carbocycles. The molecule has 124 valence electrons. The van der Waals surface area contributed by atoms with Crippen molar-refractivity contribution in [1.29, 1.82) is 0 Å². The molecule has 0 unspecified atom stereocenters. The highest BCUT2D eigenvalue weighted by Gasteiger charge is 2.37. The molecule has 0 spiro atoms. The van der Waals surface area contributed by atoms with Gasteiger partial charge >= 0.3 is 5.97 Å². The minimum Gasteiger partial charge on any atom is -0.477 e. The molecule has 7 heteroatoms. The van der Waals surface area contributed by atoms with Crippen LogP contribution in [0, 0.1) is 0 Å². The maximum absolute atomic E-state index is 12.7. The Balaban J connectivity index is 2.16. The highest BCUT2D eigenvalue weighted by atomic mass is 16.5. The normalized spacial score (nSPS) is 17.0. The minimum atomic E-state index is -1.09. The van der Waals surface area contributed by atoms with E-state index < -0.39 is 12.0 Å². The lowest BCUT2D eigenvalue weighted by Gasteiger charge is -2.27. The molecule has 7 nitrogen and oxygen atoms in total. The lowest BCUT2D eigenvalue weighted by molar-refractivity contribution is -0.131. The molecular weight excluding hydrogens is 298 g/mol. The second kappa shape index (κ2) is 7.73. The third kappa shape index (κ3) is 4.07. The van der Waals surface area contributed by atoms with E-state index >= 15 is 0 Å². The van der Waals surface area contributed by atoms with Gasteiger partial charge < -0.3 is 14.7 Å². The van der Waals surface area contributed by atoms with E-state index in [9.17, 15) is 14.7 Å². The molecule has 0 bridgehead atoms. The van der Waals surface area contributed by atoms with Gasteiger partial charge in [-0.2, -0.15) is 5.10 Å². The summed E-state index contributed by atoms with van der Waals surface area (Å²) in [6.45, 7) is 1.12. The molecule has 1 aliphatic rings. The van der Waals surface area contributed by atoms with Crippen molar-refractivity contribution in [3.05, 3.63) is 30.3 Å². The van der Waals surface area contributed by atoms with Crippen LogP contribution < -0.4 is 5.01 Å². The van der Waals surface area contributed by atoms with Gasteiger partial charge in [0.1, 0.15) is 11.8 Å². The molecule has 1 N–H and O–H groups in total. The minimum absolute atomic E-state index is 0.00232. The lowest BCUT2D eigenvalue weighted by atomic mass is 10.1. The number of benzene rings is 1. The van der Waals surface area contributed by atoms with Crippen molar-refractivity contribution in [2.75, 3.05) is 32.3 Å². The summed E-state index contributed by atoms with van der Waals surface area (Å²) < 4.78 is 4.99. The quantitative estimate of drug-likeness (QED) is 0.764. The summed E-state index contributed by atoms with van der Waals surface area (Å²) in [6.07, 6.45) is 0.821. The van der Waals surface area contributed by atoms with Gasteiger partial charge in [0.25, 0.3) is 0 Å². The highest BCUT2D eigenvalue weighted by Crippen LogP contribution is 2.25. The Hall–Kier alpha value is -2.41. The van der Waals surface area contributed by atoms with Crippen molar-refractivity contribution < 1.29 is 19.4 Å². The van der Waals surface area contributed by atoms with Crippen molar-refractivity contribution in [3.8, 4) is 0 Å². The number of carbonyl (C=O) groups is 2. The summed E-state index contributed by atoms with van der Waals surface area (Å²) in [7, 11) is 3.32. The number of hydrogen-bond donors (Lipinski definition) is 1. The number of methoxy groups -OCH3 is 1. The van der Waals surface area contributed by atoms with Crippen LogP contribution >= 0.6 is 0 Å². The van der Waals surface area contributed by atoms with Crippen LogP contribution in [-0.2, 0) is 14.3 Å². The highest BCUT2D eigenvalue weighted by molar-refractivity contribution is 6.37. The molecule has 1 amide bonds. The van der Waals surface area contributed by atoms with Crippen molar-refractivity contribution in [1.82, 2.24) is 4.90 Å². The topological polar surface area (TPSA) is 82.4 Å². The number of hydrazone groups is 1. The number of carbonyl (C=O) groups excluding carboxylic acids is 1. The number of carboxylic acid groups (broad SMARTS) is 1.